The van der Waals surface area contributed by atoms with Crippen LogP contribution in [0.15, 0.2) is 24.3 Å². The molecule has 1 aromatic carbocycles. The number of rotatable bonds is 2. The first-order valence-corrected chi connectivity index (χ1v) is 9.81. The summed E-state index contributed by atoms with van der Waals surface area (Å²) in [6.07, 6.45) is 4.79. The lowest BCUT2D eigenvalue weighted by Gasteiger charge is -2.19. The minimum atomic E-state index is 0.143. The van der Waals surface area contributed by atoms with Crippen molar-refractivity contribution in [2.75, 3.05) is 0 Å². The Morgan fingerprint density at radius 3 is 2.44 bits per heavy atom. The fraction of sp³-hybridized carbons (Fsp3) is 0.429. The second-order valence-electron chi connectivity index (χ2n) is 7.84. The highest BCUT2D eigenvalue weighted by molar-refractivity contribution is 7.18. The first-order chi connectivity index (χ1) is 11.9. The minimum absolute atomic E-state index is 0.143. The molecule has 0 N–H and O–H groups in total. The third-order valence-electron chi connectivity index (χ3n) is 4.83. The first-order valence-electron chi connectivity index (χ1n) is 8.99. The molecule has 0 spiro atoms. The highest BCUT2D eigenvalue weighted by atomic mass is 32.1. The van der Waals surface area contributed by atoms with Gasteiger partial charge in [-0.25, -0.2) is 4.98 Å². The largest absolute Gasteiger partial charge is 0.438 e. The normalized spacial score (nSPS) is 14.6. The van der Waals surface area contributed by atoms with Crippen LogP contribution in [0.1, 0.15) is 55.4 Å². The van der Waals surface area contributed by atoms with Crippen molar-refractivity contribution in [3.8, 4) is 11.6 Å². The molecule has 4 rings (SSSR count). The summed E-state index contributed by atoms with van der Waals surface area (Å²) in [5, 5.41) is 1.13. The van der Waals surface area contributed by atoms with Crippen molar-refractivity contribution >= 4 is 21.6 Å². The number of hydrogen-bond donors (Lipinski definition) is 0. The molecular weight excluding hydrogens is 328 g/mol. The lowest BCUT2D eigenvalue weighted by atomic mass is 9.87. The lowest BCUT2D eigenvalue weighted by molar-refractivity contribution is 0.465. The Kier molecular flexibility index (Phi) is 4.03. The van der Waals surface area contributed by atoms with Crippen LogP contribution in [0.2, 0.25) is 0 Å². The van der Waals surface area contributed by atoms with Crippen LogP contribution < -0.4 is 4.74 Å². The number of nitrogens with zero attached hydrogens (tertiary/aromatic N) is 2. The summed E-state index contributed by atoms with van der Waals surface area (Å²) in [6, 6.07) is 8.37. The molecule has 2 heterocycles. The third kappa shape index (κ3) is 3.15. The van der Waals surface area contributed by atoms with E-state index in [-0.39, 0.29) is 5.41 Å². The summed E-state index contributed by atoms with van der Waals surface area (Å²) in [4.78, 5) is 11.8. The van der Waals surface area contributed by atoms with Gasteiger partial charge in [0.05, 0.1) is 5.39 Å². The van der Waals surface area contributed by atoms with Gasteiger partial charge < -0.3 is 4.74 Å². The van der Waals surface area contributed by atoms with Gasteiger partial charge in [-0.05, 0) is 61.3 Å². The van der Waals surface area contributed by atoms with Crippen molar-refractivity contribution < 1.29 is 4.74 Å². The Hall–Kier alpha value is -1.94. The van der Waals surface area contributed by atoms with Gasteiger partial charge in [-0.15, -0.1) is 11.3 Å². The molecule has 4 heteroatoms. The zero-order chi connectivity index (χ0) is 17.6. The minimum Gasteiger partial charge on any atom is -0.438 e. The fourth-order valence-corrected chi connectivity index (χ4v) is 4.73. The summed E-state index contributed by atoms with van der Waals surface area (Å²) in [6.45, 7) is 8.60. The predicted molar refractivity (Wildman–Crippen MR) is 104 cm³/mol. The summed E-state index contributed by atoms with van der Waals surface area (Å²) < 4.78 is 6.22. The van der Waals surface area contributed by atoms with Crippen molar-refractivity contribution in [3.05, 3.63) is 46.1 Å². The van der Waals surface area contributed by atoms with Crippen molar-refractivity contribution in [2.45, 2.75) is 58.8 Å². The maximum atomic E-state index is 6.22. The second-order valence-corrected chi connectivity index (χ2v) is 8.93. The zero-order valence-electron chi connectivity index (χ0n) is 15.3. The van der Waals surface area contributed by atoms with Crippen LogP contribution in [-0.2, 0) is 18.3 Å². The molecule has 2 aromatic heterocycles. The van der Waals surface area contributed by atoms with Gasteiger partial charge in [0.2, 0.25) is 5.88 Å². The Bertz CT molecular complexity index is 920. The molecule has 0 bridgehead atoms. The van der Waals surface area contributed by atoms with Gasteiger partial charge in [-0.1, -0.05) is 32.9 Å². The van der Waals surface area contributed by atoms with E-state index in [1.54, 1.807) is 0 Å². The van der Waals surface area contributed by atoms with Crippen molar-refractivity contribution in [3.63, 3.8) is 0 Å². The van der Waals surface area contributed by atoms with E-state index in [1.165, 1.54) is 28.8 Å². The summed E-state index contributed by atoms with van der Waals surface area (Å²) in [7, 11) is 0. The van der Waals surface area contributed by atoms with Gasteiger partial charge in [0.1, 0.15) is 16.4 Å². The van der Waals surface area contributed by atoms with Crippen LogP contribution >= 0.6 is 11.3 Å². The third-order valence-corrected chi connectivity index (χ3v) is 6.01. The Balaban J connectivity index is 1.75. The van der Waals surface area contributed by atoms with Gasteiger partial charge >= 0.3 is 0 Å². The van der Waals surface area contributed by atoms with Crippen molar-refractivity contribution in [1.82, 2.24) is 9.97 Å². The van der Waals surface area contributed by atoms with E-state index < -0.39 is 0 Å². The van der Waals surface area contributed by atoms with E-state index in [0.717, 1.165) is 34.6 Å². The van der Waals surface area contributed by atoms with Gasteiger partial charge in [-0.3, -0.25) is 0 Å². The molecule has 0 saturated heterocycles. The summed E-state index contributed by atoms with van der Waals surface area (Å²) in [5.41, 5.74) is 2.85. The molecule has 0 atom stereocenters. The van der Waals surface area contributed by atoms with Crippen LogP contribution in [0, 0.1) is 6.92 Å². The maximum Gasteiger partial charge on any atom is 0.231 e. The van der Waals surface area contributed by atoms with Crippen LogP contribution in [0.25, 0.3) is 10.2 Å². The molecule has 130 valence electrons. The monoisotopic (exact) mass is 352 g/mol. The Morgan fingerprint density at radius 1 is 1.00 bits per heavy atom. The topological polar surface area (TPSA) is 35.0 Å². The summed E-state index contributed by atoms with van der Waals surface area (Å²) >= 11 is 1.81. The molecule has 0 amide bonds. The number of hydrogen-bond acceptors (Lipinski definition) is 4. The van der Waals surface area contributed by atoms with E-state index >= 15 is 0 Å². The average molecular weight is 353 g/mol. The predicted octanol–water partition coefficient (Wildman–Crippen LogP) is 5.97. The van der Waals surface area contributed by atoms with Crippen LogP contribution in [0.5, 0.6) is 11.6 Å². The number of aromatic nitrogens is 2. The SMILES string of the molecule is Cc1nc(Oc2ccc(C(C)(C)C)cc2)c2c3c(sc2n1)CCCC3. The second kappa shape index (κ2) is 6.10. The number of ether oxygens (including phenoxy) is 1. The molecule has 25 heavy (non-hydrogen) atoms. The average Bonchev–Trinajstić information content (AvgIpc) is 2.92. The van der Waals surface area contributed by atoms with Gasteiger partial charge in [0, 0.05) is 4.88 Å². The highest BCUT2D eigenvalue weighted by Crippen LogP contribution is 2.40. The molecule has 3 nitrogen and oxygen atoms in total. The van der Waals surface area contributed by atoms with Crippen LogP contribution in [0.4, 0.5) is 0 Å². The zero-order valence-corrected chi connectivity index (χ0v) is 16.2. The number of fused-ring (bicyclic) bond motifs is 3. The molecule has 3 aromatic rings. The fourth-order valence-electron chi connectivity index (χ4n) is 3.43. The van der Waals surface area contributed by atoms with Gasteiger partial charge in [-0.2, -0.15) is 4.98 Å². The molecule has 0 unspecified atom stereocenters. The van der Waals surface area contributed by atoms with Crippen molar-refractivity contribution in [2.24, 2.45) is 0 Å². The molecule has 0 fully saturated rings. The quantitative estimate of drug-likeness (QED) is 0.570. The van der Waals surface area contributed by atoms with Gasteiger partial charge in [0.15, 0.2) is 0 Å². The van der Waals surface area contributed by atoms with Gasteiger partial charge in [0.25, 0.3) is 0 Å². The van der Waals surface area contributed by atoms with Crippen LogP contribution in [-0.4, -0.2) is 9.97 Å². The van der Waals surface area contributed by atoms with Crippen molar-refractivity contribution in [1.29, 1.82) is 0 Å². The molecule has 0 aliphatic heterocycles. The molecule has 1 aliphatic rings. The summed E-state index contributed by atoms with van der Waals surface area (Å²) in [5.74, 6) is 2.32. The Morgan fingerprint density at radius 2 is 1.72 bits per heavy atom. The van der Waals surface area contributed by atoms with Crippen LogP contribution in [0.3, 0.4) is 0 Å². The molecule has 0 saturated carbocycles. The lowest BCUT2D eigenvalue weighted by Crippen LogP contribution is -2.10. The maximum absolute atomic E-state index is 6.22. The Labute approximate surface area is 153 Å². The van der Waals surface area contributed by atoms with E-state index in [0.29, 0.717) is 5.88 Å². The molecule has 0 radical (unpaired) electrons. The molecule has 1 aliphatic carbocycles. The van der Waals surface area contributed by atoms with E-state index in [2.05, 4.69) is 42.9 Å². The highest BCUT2D eigenvalue weighted by Gasteiger charge is 2.22. The number of aryl methyl sites for hydroxylation is 3. The first kappa shape index (κ1) is 16.5. The standard InChI is InChI=1S/C21H24N2OS/c1-13-22-19(24-15-11-9-14(10-12-15)21(2,3)4)18-16-7-5-6-8-17(16)25-20(18)23-13/h9-12H,5-8H2,1-4H3. The van der Waals surface area contributed by atoms with E-state index in [1.807, 2.05) is 30.4 Å². The smallest absolute Gasteiger partial charge is 0.231 e. The van der Waals surface area contributed by atoms with E-state index in [4.69, 9.17) is 4.74 Å². The number of benzene rings is 1. The van der Waals surface area contributed by atoms with E-state index in [9.17, 15) is 0 Å². The number of thiophene rings is 1. The molecular formula is C21H24N2OS.